The van der Waals surface area contributed by atoms with Crippen molar-refractivity contribution in [3.05, 3.63) is 114 Å². The van der Waals surface area contributed by atoms with Gasteiger partial charge in [0, 0.05) is 43.5 Å². The Labute approximate surface area is 216 Å². The molecule has 0 amide bonds. The van der Waals surface area contributed by atoms with Crippen LogP contribution in [0, 0.1) is 0 Å². The van der Waals surface area contributed by atoms with Gasteiger partial charge in [0.15, 0.2) is 5.76 Å². The maximum Gasteiger partial charge on any atom is 0.230 e. The fourth-order valence-electron chi connectivity index (χ4n) is 4.25. The van der Waals surface area contributed by atoms with Crippen LogP contribution in [0.25, 0.3) is 6.08 Å². The maximum atomic E-state index is 5.78. The molecule has 37 heavy (non-hydrogen) atoms. The van der Waals surface area contributed by atoms with Crippen LogP contribution in [-0.4, -0.2) is 33.8 Å². The summed E-state index contributed by atoms with van der Waals surface area (Å²) < 4.78 is 18.6. The first-order valence-electron chi connectivity index (χ1n) is 12.5. The number of nitrogens with zero attached hydrogens (tertiary/aromatic N) is 5. The van der Waals surface area contributed by atoms with Gasteiger partial charge in [0.25, 0.3) is 0 Å². The molecule has 8 heteroatoms. The summed E-state index contributed by atoms with van der Waals surface area (Å²) in [6, 6.07) is 19.0. The Balaban J connectivity index is 1.17. The van der Waals surface area contributed by atoms with Crippen molar-refractivity contribution in [2.24, 2.45) is 0 Å². The second-order valence-electron chi connectivity index (χ2n) is 9.07. The van der Waals surface area contributed by atoms with Crippen LogP contribution >= 0.6 is 0 Å². The molecule has 0 saturated carbocycles. The van der Waals surface area contributed by atoms with Crippen LogP contribution in [0.2, 0.25) is 0 Å². The number of allylic oxidation sites excluding steroid dienone is 1. The first-order valence-corrected chi connectivity index (χ1v) is 12.5. The average molecular weight is 498 g/mol. The summed E-state index contributed by atoms with van der Waals surface area (Å²) in [5.41, 5.74) is 5.47. The molecule has 2 aromatic carbocycles. The maximum absolute atomic E-state index is 5.78. The minimum atomic E-state index is 0.227. The zero-order valence-corrected chi connectivity index (χ0v) is 21.0. The van der Waals surface area contributed by atoms with E-state index in [0.29, 0.717) is 24.6 Å². The Morgan fingerprint density at radius 2 is 1.92 bits per heavy atom. The number of ether oxygens (including phenoxy) is 2. The van der Waals surface area contributed by atoms with Crippen LogP contribution in [0.1, 0.15) is 35.6 Å². The van der Waals surface area contributed by atoms with Gasteiger partial charge in [-0.3, -0.25) is 4.68 Å². The van der Waals surface area contributed by atoms with Crippen molar-refractivity contribution in [2.75, 3.05) is 18.7 Å². The summed E-state index contributed by atoms with van der Waals surface area (Å²) in [7, 11) is 2.06. The third-order valence-corrected chi connectivity index (χ3v) is 6.24. The molecule has 190 valence electrons. The van der Waals surface area contributed by atoms with E-state index in [1.807, 2.05) is 35.2 Å². The molecule has 8 nitrogen and oxygen atoms in total. The molecule has 2 aromatic heterocycles. The largest absolute Gasteiger partial charge is 0.461 e. The van der Waals surface area contributed by atoms with Crippen molar-refractivity contribution < 1.29 is 13.9 Å². The van der Waals surface area contributed by atoms with Crippen molar-refractivity contribution >= 4 is 11.8 Å². The second-order valence-corrected chi connectivity index (χ2v) is 9.07. The van der Waals surface area contributed by atoms with Gasteiger partial charge in [-0.2, -0.15) is 0 Å². The summed E-state index contributed by atoms with van der Waals surface area (Å²) in [4.78, 5) is 6.87. The normalized spacial score (nSPS) is 13.2. The third-order valence-electron chi connectivity index (χ3n) is 6.24. The summed E-state index contributed by atoms with van der Waals surface area (Å²) in [5, 5.41) is 7.85. The predicted molar refractivity (Wildman–Crippen MR) is 141 cm³/mol. The quantitative estimate of drug-likeness (QED) is 0.243. The summed E-state index contributed by atoms with van der Waals surface area (Å²) in [6.45, 7) is 1.78. The van der Waals surface area contributed by atoms with E-state index in [-0.39, 0.29) is 6.79 Å². The molecule has 0 N–H and O–H groups in total. The van der Waals surface area contributed by atoms with Gasteiger partial charge in [0.05, 0.1) is 18.4 Å². The van der Waals surface area contributed by atoms with Crippen LogP contribution in [-0.2, 0) is 35.4 Å². The number of hydrogen-bond acceptors (Lipinski definition) is 7. The molecule has 0 radical (unpaired) electrons. The van der Waals surface area contributed by atoms with Crippen molar-refractivity contribution in [3.8, 4) is 0 Å². The van der Waals surface area contributed by atoms with E-state index in [9.17, 15) is 0 Å². The van der Waals surface area contributed by atoms with Gasteiger partial charge in [-0.25, -0.2) is 4.98 Å². The number of anilines is 1. The van der Waals surface area contributed by atoms with Gasteiger partial charge >= 0.3 is 0 Å². The minimum Gasteiger partial charge on any atom is -0.461 e. The molecule has 0 unspecified atom stereocenters. The lowest BCUT2D eigenvalue weighted by Gasteiger charge is -2.18. The minimum absolute atomic E-state index is 0.227. The van der Waals surface area contributed by atoms with Crippen LogP contribution in [0.15, 0.2) is 95.3 Å². The lowest BCUT2D eigenvalue weighted by atomic mass is 10.0. The number of aryl methyl sites for hydroxylation is 2. The topological polar surface area (TPSA) is 78.4 Å². The predicted octanol–water partition coefficient (Wildman–Crippen LogP) is 5.40. The molecule has 0 spiro atoms. The molecular weight excluding hydrogens is 466 g/mol. The highest BCUT2D eigenvalue weighted by Gasteiger charge is 2.15. The van der Waals surface area contributed by atoms with Crippen LogP contribution in [0.5, 0.6) is 0 Å². The standard InChI is InChI=1S/C29H31N5O3/c1-33(27-12-10-23(11-13-27)7-5-6-15-34-16-14-30-32-34)19-26-20-36-29(31-26)18-25(28-21-35-22-37-28)17-24-8-3-2-4-9-24/h2-4,8-14,16,18,20-21H,5-7,15,17,19,22H2,1H3. The van der Waals surface area contributed by atoms with Gasteiger partial charge in [-0.15, -0.1) is 5.10 Å². The lowest BCUT2D eigenvalue weighted by molar-refractivity contribution is 0.0830. The molecule has 4 aromatic rings. The van der Waals surface area contributed by atoms with Crippen molar-refractivity contribution in [2.45, 2.75) is 38.8 Å². The Hall–Kier alpha value is -4.33. The summed E-state index contributed by atoms with van der Waals surface area (Å²) in [6.07, 6.45) is 12.8. The Morgan fingerprint density at radius 1 is 1.05 bits per heavy atom. The third kappa shape index (κ3) is 6.88. The lowest BCUT2D eigenvalue weighted by Crippen LogP contribution is -2.16. The Morgan fingerprint density at radius 3 is 2.68 bits per heavy atom. The summed E-state index contributed by atoms with van der Waals surface area (Å²) >= 11 is 0. The van der Waals surface area contributed by atoms with E-state index in [0.717, 1.165) is 42.8 Å². The Kier molecular flexibility index (Phi) is 7.95. The Bertz CT molecular complexity index is 1310. The molecular formula is C29H31N5O3. The molecule has 0 bridgehead atoms. The zero-order chi connectivity index (χ0) is 25.3. The van der Waals surface area contributed by atoms with Gasteiger partial charge in [-0.05, 0) is 42.5 Å². The van der Waals surface area contributed by atoms with Crippen molar-refractivity contribution in [1.29, 1.82) is 0 Å². The van der Waals surface area contributed by atoms with Crippen molar-refractivity contribution in [1.82, 2.24) is 20.0 Å². The highest BCUT2D eigenvalue weighted by molar-refractivity contribution is 5.53. The molecule has 5 rings (SSSR count). The van der Waals surface area contributed by atoms with E-state index in [1.54, 1.807) is 18.7 Å². The first kappa shape index (κ1) is 24.4. The van der Waals surface area contributed by atoms with Crippen LogP contribution in [0.3, 0.4) is 0 Å². The smallest absolute Gasteiger partial charge is 0.230 e. The number of aromatic nitrogens is 4. The number of hydrogen-bond donors (Lipinski definition) is 0. The number of benzene rings is 2. The molecule has 0 fully saturated rings. The van der Waals surface area contributed by atoms with E-state index in [1.165, 1.54) is 11.1 Å². The SMILES string of the molecule is CN(Cc1coc(C=C(Cc2ccccc2)C2=COCO2)n1)c1ccc(CCCCn2ccnn2)cc1. The fraction of sp³-hybridized carbons (Fsp3) is 0.276. The van der Waals surface area contributed by atoms with E-state index >= 15 is 0 Å². The molecule has 3 heterocycles. The highest BCUT2D eigenvalue weighted by atomic mass is 16.7. The van der Waals surface area contributed by atoms with E-state index in [2.05, 4.69) is 58.7 Å². The van der Waals surface area contributed by atoms with Gasteiger partial charge < -0.3 is 18.8 Å². The molecule has 0 atom stereocenters. The molecule has 1 aliphatic heterocycles. The van der Waals surface area contributed by atoms with E-state index < -0.39 is 0 Å². The average Bonchev–Trinajstić information content (AvgIpc) is 3.71. The monoisotopic (exact) mass is 497 g/mol. The van der Waals surface area contributed by atoms with E-state index in [4.69, 9.17) is 18.9 Å². The van der Waals surface area contributed by atoms with Gasteiger partial charge in [-0.1, -0.05) is 47.7 Å². The number of oxazole rings is 1. The number of unbranched alkanes of at least 4 members (excludes halogenated alkanes) is 1. The molecule has 1 aliphatic rings. The fourth-order valence-corrected chi connectivity index (χ4v) is 4.25. The second kappa shape index (κ2) is 12.1. The molecule has 0 aliphatic carbocycles. The van der Waals surface area contributed by atoms with Crippen LogP contribution in [0.4, 0.5) is 5.69 Å². The van der Waals surface area contributed by atoms with Crippen molar-refractivity contribution in [3.63, 3.8) is 0 Å². The molecule has 0 saturated heterocycles. The summed E-state index contributed by atoms with van der Waals surface area (Å²) in [5.74, 6) is 1.26. The highest BCUT2D eigenvalue weighted by Crippen LogP contribution is 2.24. The first-order chi connectivity index (χ1) is 18.2. The van der Waals surface area contributed by atoms with Gasteiger partial charge in [0.1, 0.15) is 12.5 Å². The van der Waals surface area contributed by atoms with Crippen LogP contribution < -0.4 is 4.90 Å². The van der Waals surface area contributed by atoms with Gasteiger partial charge in [0.2, 0.25) is 12.7 Å². The number of rotatable bonds is 12. The zero-order valence-electron chi connectivity index (χ0n) is 21.0.